The lowest BCUT2D eigenvalue weighted by Gasteiger charge is -2.11. The minimum absolute atomic E-state index is 0.150. The second-order valence-corrected chi connectivity index (χ2v) is 7.94. The van der Waals surface area contributed by atoms with Crippen LogP contribution < -0.4 is 10.1 Å². The summed E-state index contributed by atoms with van der Waals surface area (Å²) in [6.07, 6.45) is 3.39. The van der Waals surface area contributed by atoms with Crippen molar-refractivity contribution in [2.75, 3.05) is 11.1 Å². The van der Waals surface area contributed by atoms with Crippen LogP contribution in [-0.2, 0) is 17.9 Å². The first-order chi connectivity index (χ1) is 13.6. The van der Waals surface area contributed by atoms with Gasteiger partial charge in [0.2, 0.25) is 5.91 Å². The fraction of sp³-hybridized carbons (Fsp3) is 0.222. The zero-order chi connectivity index (χ0) is 19.9. The number of nitrogens with zero attached hydrogens (tertiary/aromatic N) is 4. The number of ether oxygens (including phenoxy) is 1. The summed E-state index contributed by atoms with van der Waals surface area (Å²) in [6, 6.07) is 5.44. The third-order valence-electron chi connectivity index (χ3n) is 3.61. The topological polar surface area (TPSA) is 81.9 Å². The van der Waals surface area contributed by atoms with E-state index in [1.54, 1.807) is 23.7 Å². The number of aryl methyl sites for hydroxylation is 1. The number of hydrogen-bond acceptors (Lipinski definition) is 7. The molecule has 0 aliphatic heterocycles. The van der Waals surface area contributed by atoms with Gasteiger partial charge in [0.25, 0.3) is 0 Å². The van der Waals surface area contributed by atoms with E-state index < -0.39 is 0 Å². The summed E-state index contributed by atoms with van der Waals surface area (Å²) < 4.78 is 7.74. The van der Waals surface area contributed by atoms with Crippen LogP contribution in [0.2, 0.25) is 5.02 Å². The highest BCUT2D eigenvalue weighted by Gasteiger charge is 2.15. The van der Waals surface area contributed by atoms with Gasteiger partial charge in [-0.25, -0.2) is 4.98 Å². The van der Waals surface area contributed by atoms with Crippen molar-refractivity contribution in [2.45, 2.75) is 25.2 Å². The molecule has 0 saturated carbocycles. The van der Waals surface area contributed by atoms with Crippen LogP contribution in [0, 0.1) is 6.92 Å². The van der Waals surface area contributed by atoms with Gasteiger partial charge in [0, 0.05) is 23.1 Å². The van der Waals surface area contributed by atoms with Crippen LogP contribution in [0.1, 0.15) is 11.4 Å². The smallest absolute Gasteiger partial charge is 0.236 e. The van der Waals surface area contributed by atoms with Crippen molar-refractivity contribution < 1.29 is 9.53 Å². The molecule has 28 heavy (non-hydrogen) atoms. The lowest BCUT2D eigenvalue weighted by Crippen LogP contribution is -2.14. The number of thioether (sulfide) groups is 1. The van der Waals surface area contributed by atoms with Crippen molar-refractivity contribution in [2.24, 2.45) is 0 Å². The molecule has 2 aromatic heterocycles. The van der Waals surface area contributed by atoms with Crippen molar-refractivity contribution in [3.05, 3.63) is 58.8 Å². The Bertz CT molecular complexity index is 959. The molecule has 0 radical (unpaired) electrons. The second kappa shape index (κ2) is 9.72. The van der Waals surface area contributed by atoms with Crippen molar-refractivity contribution in [3.63, 3.8) is 0 Å². The lowest BCUT2D eigenvalue weighted by molar-refractivity contribution is -0.113. The monoisotopic (exact) mass is 435 g/mol. The molecule has 2 heterocycles. The fourth-order valence-electron chi connectivity index (χ4n) is 2.33. The van der Waals surface area contributed by atoms with Gasteiger partial charge in [0.15, 0.2) is 16.1 Å². The maximum atomic E-state index is 12.1. The second-order valence-electron chi connectivity index (χ2n) is 5.67. The van der Waals surface area contributed by atoms with Gasteiger partial charge >= 0.3 is 0 Å². The van der Waals surface area contributed by atoms with E-state index in [9.17, 15) is 4.79 Å². The van der Waals surface area contributed by atoms with Crippen molar-refractivity contribution in [1.82, 2.24) is 19.7 Å². The van der Waals surface area contributed by atoms with Gasteiger partial charge in [-0.2, -0.15) is 0 Å². The number of halogens is 1. The largest absolute Gasteiger partial charge is 0.485 e. The van der Waals surface area contributed by atoms with Gasteiger partial charge in [0.05, 0.1) is 5.75 Å². The number of benzene rings is 1. The van der Waals surface area contributed by atoms with Crippen molar-refractivity contribution in [1.29, 1.82) is 0 Å². The third kappa shape index (κ3) is 5.34. The molecular weight excluding hydrogens is 418 g/mol. The minimum Gasteiger partial charge on any atom is -0.485 e. The normalized spacial score (nSPS) is 10.6. The first-order valence-electron chi connectivity index (χ1n) is 8.31. The lowest BCUT2D eigenvalue weighted by atomic mass is 10.2. The molecule has 0 fully saturated rings. The van der Waals surface area contributed by atoms with Gasteiger partial charge < -0.3 is 10.1 Å². The van der Waals surface area contributed by atoms with E-state index in [0.717, 1.165) is 11.3 Å². The molecule has 0 unspecified atom stereocenters. The van der Waals surface area contributed by atoms with E-state index >= 15 is 0 Å². The van der Waals surface area contributed by atoms with Crippen LogP contribution >= 0.6 is 34.7 Å². The Morgan fingerprint density at radius 1 is 1.46 bits per heavy atom. The van der Waals surface area contributed by atoms with Crippen LogP contribution in [0.5, 0.6) is 5.75 Å². The van der Waals surface area contributed by atoms with E-state index in [1.807, 2.05) is 23.6 Å². The Morgan fingerprint density at radius 2 is 2.32 bits per heavy atom. The molecule has 3 aromatic rings. The molecular formula is C18H18ClN5O2S2. The molecule has 0 spiro atoms. The summed E-state index contributed by atoms with van der Waals surface area (Å²) in [6.45, 7) is 6.47. The summed E-state index contributed by atoms with van der Waals surface area (Å²) >= 11 is 8.65. The Morgan fingerprint density at radius 3 is 3.04 bits per heavy atom. The predicted octanol–water partition coefficient (Wildman–Crippen LogP) is 4.19. The number of anilines is 1. The number of rotatable bonds is 9. The molecule has 1 aromatic carbocycles. The highest BCUT2D eigenvalue weighted by atomic mass is 35.5. The van der Waals surface area contributed by atoms with E-state index in [4.69, 9.17) is 16.3 Å². The average molecular weight is 436 g/mol. The molecule has 1 amide bonds. The van der Waals surface area contributed by atoms with Gasteiger partial charge in [-0.3, -0.25) is 9.36 Å². The molecule has 0 bridgehead atoms. The minimum atomic E-state index is -0.150. The highest BCUT2D eigenvalue weighted by molar-refractivity contribution is 7.99. The Hall–Kier alpha value is -2.36. The summed E-state index contributed by atoms with van der Waals surface area (Å²) in [7, 11) is 0. The molecule has 1 N–H and O–H groups in total. The number of nitrogens with one attached hydrogen (secondary N) is 1. The highest BCUT2D eigenvalue weighted by Crippen LogP contribution is 2.24. The molecule has 0 atom stereocenters. The molecule has 0 aliphatic carbocycles. The number of carbonyl (C=O) groups excluding carboxylic acids is 1. The number of hydrogen-bond donors (Lipinski definition) is 1. The van der Waals surface area contributed by atoms with Crippen molar-refractivity contribution in [3.8, 4) is 5.75 Å². The number of aromatic nitrogens is 4. The van der Waals surface area contributed by atoms with Crippen LogP contribution in [0.4, 0.5) is 5.13 Å². The first-order valence-corrected chi connectivity index (χ1v) is 10.5. The van der Waals surface area contributed by atoms with Gasteiger partial charge in [-0.05, 0) is 30.7 Å². The third-order valence-corrected chi connectivity index (χ3v) is 5.50. The van der Waals surface area contributed by atoms with E-state index in [-0.39, 0.29) is 18.3 Å². The number of allylic oxidation sites excluding steroid dienone is 1. The van der Waals surface area contributed by atoms with Crippen LogP contribution in [0.3, 0.4) is 0 Å². The van der Waals surface area contributed by atoms with Gasteiger partial charge in [0.1, 0.15) is 12.4 Å². The zero-order valence-corrected chi connectivity index (χ0v) is 17.5. The fourth-order valence-corrected chi connectivity index (χ4v) is 3.87. The number of carbonyl (C=O) groups is 1. The first kappa shape index (κ1) is 20.4. The van der Waals surface area contributed by atoms with Crippen LogP contribution in [0.25, 0.3) is 0 Å². The Labute approximate surface area is 175 Å². The van der Waals surface area contributed by atoms with Gasteiger partial charge in [-0.1, -0.05) is 29.4 Å². The number of thiazole rings is 1. The standard InChI is InChI=1S/C18H18ClN5O2S2/c1-3-7-24-15(10-26-14-5-4-13(19)9-12(14)2)22-23-18(24)28-11-16(25)21-17-20-6-8-27-17/h3-6,8-9H,1,7,10-11H2,2H3,(H,20,21,25). The zero-order valence-electron chi connectivity index (χ0n) is 15.1. The summed E-state index contributed by atoms with van der Waals surface area (Å²) in [5.41, 5.74) is 0.941. The number of amides is 1. The summed E-state index contributed by atoms with van der Waals surface area (Å²) in [5, 5.41) is 14.8. The molecule has 7 nitrogen and oxygen atoms in total. The molecule has 3 rings (SSSR count). The Kier molecular flexibility index (Phi) is 7.07. The molecule has 0 aliphatic rings. The average Bonchev–Trinajstić information content (AvgIpc) is 3.30. The van der Waals surface area contributed by atoms with E-state index in [0.29, 0.717) is 27.7 Å². The van der Waals surface area contributed by atoms with Gasteiger partial charge in [-0.15, -0.1) is 28.1 Å². The molecule has 0 saturated heterocycles. The molecule has 146 valence electrons. The van der Waals surface area contributed by atoms with E-state index in [1.165, 1.54) is 23.1 Å². The van der Waals surface area contributed by atoms with Crippen LogP contribution in [-0.4, -0.2) is 31.4 Å². The van der Waals surface area contributed by atoms with Crippen molar-refractivity contribution >= 4 is 45.7 Å². The Balaban J connectivity index is 1.63. The maximum absolute atomic E-state index is 12.1. The predicted molar refractivity (Wildman–Crippen MR) is 112 cm³/mol. The maximum Gasteiger partial charge on any atom is 0.236 e. The van der Waals surface area contributed by atoms with Crippen LogP contribution in [0.15, 0.2) is 47.6 Å². The summed E-state index contributed by atoms with van der Waals surface area (Å²) in [4.78, 5) is 16.1. The summed E-state index contributed by atoms with van der Waals surface area (Å²) in [5.74, 6) is 1.43. The van der Waals surface area contributed by atoms with E-state index in [2.05, 4.69) is 27.1 Å². The quantitative estimate of drug-likeness (QED) is 0.401. The SMILES string of the molecule is C=CCn1c(COc2ccc(Cl)cc2C)nnc1SCC(=O)Nc1nccs1. The molecule has 10 heteroatoms.